The monoisotopic (exact) mass is 834 g/mol. The molecule has 1 aromatic rings. The van der Waals surface area contributed by atoms with Gasteiger partial charge in [-0.2, -0.15) is 0 Å². The fourth-order valence-electron chi connectivity index (χ4n) is 7.79. The van der Waals surface area contributed by atoms with Crippen molar-refractivity contribution in [2.45, 2.75) is 169 Å². The van der Waals surface area contributed by atoms with E-state index in [1.807, 2.05) is 11.3 Å². The molecule has 0 radical (unpaired) electrons. The summed E-state index contributed by atoms with van der Waals surface area (Å²) in [4.78, 5) is 9.14. The second kappa shape index (κ2) is 21.3. The van der Waals surface area contributed by atoms with Gasteiger partial charge in [0.2, 0.25) is 0 Å². The molecule has 0 N–H and O–H groups in total. The normalized spacial score (nSPS) is 13.8. The van der Waals surface area contributed by atoms with E-state index in [0.29, 0.717) is 0 Å². The standard InChI is InChI=1S/C21H33Si3.6C3H7.3Ga/c1-22(2,3)13-10-19-16-20(11-14-23(4,5)6)18-21(17-19)12-15-24(7,8)9;6*1-3-2;;;/h10-12,16-18H,1-9H3;6*1,3H2,2H3;;;. The fraction of sp³-hybridized carbons (Fsp3) is 0.692. The molecule has 252 valence electrons. The molecule has 0 saturated carbocycles. The molecule has 1 rings (SSSR count). The van der Waals surface area contributed by atoms with Crippen LogP contribution in [0.2, 0.25) is 88.8 Å². The zero-order valence-electron chi connectivity index (χ0n) is 33.2. The third kappa shape index (κ3) is 15.6. The van der Waals surface area contributed by atoms with Crippen LogP contribution in [0.5, 0.6) is 0 Å². The molecule has 0 aliphatic carbocycles. The Bertz CT molecular complexity index is 932. The van der Waals surface area contributed by atoms with Gasteiger partial charge in [-0.1, -0.05) is 0 Å². The second-order valence-corrected chi connectivity index (χ2v) is 56.1. The summed E-state index contributed by atoms with van der Waals surface area (Å²) in [5.74, 6) is 0. The first kappa shape index (κ1) is 44.0. The third-order valence-corrected chi connectivity index (χ3v) is 60.7. The van der Waals surface area contributed by atoms with Gasteiger partial charge in [0.1, 0.15) is 0 Å². The molecule has 0 nitrogen and oxygen atoms in total. The van der Waals surface area contributed by atoms with Gasteiger partial charge in [0.25, 0.3) is 0 Å². The number of rotatable bonds is 21. The van der Waals surface area contributed by atoms with Gasteiger partial charge < -0.3 is 0 Å². The Kier molecular flexibility index (Phi) is 20.8. The molecular weight excluding hydrogens is 762 g/mol. The molecule has 45 heavy (non-hydrogen) atoms. The molecule has 0 atom stereocenters. The average Bonchev–Trinajstić information content (AvgIpc) is 2.91. The van der Waals surface area contributed by atoms with Gasteiger partial charge in [-0.3, -0.25) is 0 Å². The molecule has 6 heteroatoms. The zero-order valence-corrected chi connectivity index (χ0v) is 43.4. The van der Waals surface area contributed by atoms with Gasteiger partial charge in [-0.25, -0.2) is 0 Å². The second-order valence-electron chi connectivity index (χ2n) is 17.3. The van der Waals surface area contributed by atoms with Crippen molar-refractivity contribution in [1.29, 1.82) is 0 Å². The van der Waals surface area contributed by atoms with E-state index < -0.39 is 72.9 Å². The van der Waals surface area contributed by atoms with Crippen LogP contribution in [0.4, 0.5) is 0 Å². The van der Waals surface area contributed by atoms with E-state index in [1.165, 1.54) is 85.1 Å². The molecule has 0 aliphatic rings. The summed E-state index contributed by atoms with van der Waals surface area (Å²) < 4.78 is 5.97. The third-order valence-electron chi connectivity index (χ3n) is 9.71. The van der Waals surface area contributed by atoms with Crippen molar-refractivity contribution in [2.24, 2.45) is 0 Å². The van der Waals surface area contributed by atoms with Crippen LogP contribution in [0.1, 0.15) is 96.8 Å². The van der Waals surface area contributed by atoms with Gasteiger partial charge in [-0.05, 0) is 0 Å². The average molecular weight is 837 g/mol. The van der Waals surface area contributed by atoms with Crippen molar-refractivity contribution in [3.63, 3.8) is 0 Å². The fourth-order valence-corrected chi connectivity index (χ4v) is 58.1. The summed E-state index contributed by atoms with van der Waals surface area (Å²) in [5, 5.41) is 0. The van der Waals surface area contributed by atoms with E-state index >= 15 is 0 Å². The molecule has 0 bridgehead atoms. The van der Waals surface area contributed by atoms with Crippen molar-refractivity contribution in [2.75, 3.05) is 0 Å². The van der Waals surface area contributed by atoms with Gasteiger partial charge in [-0.15, -0.1) is 0 Å². The summed E-state index contributed by atoms with van der Waals surface area (Å²) in [6, 6.07) is 7.91. The molecule has 1 aromatic carbocycles. The minimum atomic E-state index is -1.52. The minimum absolute atomic E-state index is 1.37. The predicted molar refractivity (Wildman–Crippen MR) is 228 cm³/mol. The van der Waals surface area contributed by atoms with Crippen molar-refractivity contribution in [3.05, 3.63) is 46.1 Å². The first-order valence-corrected chi connectivity index (χ1v) is 43.7. The summed E-state index contributed by atoms with van der Waals surface area (Å²) in [5.41, 5.74) is 4.60. The number of hydrogen-bond donors (Lipinski definition) is 0. The first-order valence-electron chi connectivity index (χ1n) is 19.3. The van der Waals surface area contributed by atoms with Crippen molar-refractivity contribution < 1.29 is 0 Å². The molecule has 0 saturated heterocycles. The van der Waals surface area contributed by atoms with E-state index in [2.05, 4.69) is 137 Å². The van der Waals surface area contributed by atoms with Crippen LogP contribution in [-0.2, 0) is 0 Å². The topological polar surface area (TPSA) is 0 Å². The van der Waals surface area contributed by atoms with Crippen LogP contribution in [0.25, 0.3) is 18.2 Å². The predicted octanol–water partition coefficient (Wildman–Crippen LogP) is 14.0. The molecule has 0 fully saturated rings. The summed E-state index contributed by atoms with van der Waals surface area (Å²) >= 11 is -4.55. The van der Waals surface area contributed by atoms with Gasteiger partial charge in [0.15, 0.2) is 0 Å². The summed E-state index contributed by atoms with van der Waals surface area (Å²) in [7, 11) is -4.20. The SMILES string of the molecule is CC[CH2][Ga]([CH2]CC)/[C](=C\c1cc(/C=[C](\[Ga]([CH2]CC)[CH2]CC)[Si](C)(C)C)cc(/C=[C](\[Ga]([CH2]CC)[CH2]CC)[Si](C)(C)C)c1)[Si](C)(C)C. The quantitative estimate of drug-likeness (QED) is 0.108. The van der Waals surface area contributed by atoms with E-state index in [9.17, 15) is 0 Å². The molecular formula is C39H75Ga3Si3. The van der Waals surface area contributed by atoms with Crippen molar-refractivity contribution >= 4 is 91.1 Å². The molecule has 0 aromatic heterocycles. The van der Waals surface area contributed by atoms with Crippen LogP contribution in [-0.4, -0.2) is 72.9 Å². The van der Waals surface area contributed by atoms with Crippen LogP contribution >= 0.6 is 0 Å². The Hall–Kier alpha value is 1.000. The Balaban J connectivity index is 4.22. The molecule has 0 spiro atoms. The van der Waals surface area contributed by atoms with Crippen molar-refractivity contribution in [3.8, 4) is 0 Å². The van der Waals surface area contributed by atoms with E-state index in [0.717, 1.165) is 0 Å². The maximum absolute atomic E-state index is 2.80. The molecule has 0 amide bonds. The first-order chi connectivity index (χ1) is 21.0. The molecule has 0 unspecified atom stereocenters. The van der Waals surface area contributed by atoms with E-state index in [4.69, 9.17) is 0 Å². The molecule has 0 heterocycles. The van der Waals surface area contributed by atoms with Crippen LogP contribution in [0, 0.1) is 0 Å². The Labute approximate surface area is 303 Å². The summed E-state index contributed by atoms with van der Waals surface area (Å²) in [6.45, 7) is 38.4. The maximum atomic E-state index is 2.80. The number of benzene rings is 1. The zero-order chi connectivity index (χ0) is 34.4. The molecule has 0 aliphatic heterocycles. The number of hydrogen-bond acceptors (Lipinski definition) is 0. The van der Waals surface area contributed by atoms with Crippen LogP contribution < -0.4 is 0 Å². The Morgan fingerprint density at radius 1 is 0.400 bits per heavy atom. The van der Waals surface area contributed by atoms with Gasteiger partial charge in [0.05, 0.1) is 0 Å². The van der Waals surface area contributed by atoms with E-state index in [1.54, 1.807) is 0 Å². The van der Waals surface area contributed by atoms with Crippen molar-refractivity contribution in [1.82, 2.24) is 0 Å². The summed E-state index contributed by atoms with van der Waals surface area (Å²) in [6.07, 6.45) is 16.6. The van der Waals surface area contributed by atoms with Gasteiger partial charge >= 0.3 is 306 Å². The Morgan fingerprint density at radius 3 is 0.711 bits per heavy atom. The Morgan fingerprint density at radius 2 is 0.578 bits per heavy atom. The van der Waals surface area contributed by atoms with Gasteiger partial charge in [0, 0.05) is 0 Å². The van der Waals surface area contributed by atoms with E-state index in [-0.39, 0.29) is 0 Å². The van der Waals surface area contributed by atoms with Crippen LogP contribution in [0.3, 0.4) is 0 Å². The van der Waals surface area contributed by atoms with Crippen LogP contribution in [0.15, 0.2) is 29.5 Å².